The van der Waals surface area contributed by atoms with E-state index in [1.54, 1.807) is 6.08 Å². The summed E-state index contributed by atoms with van der Waals surface area (Å²) in [5, 5.41) is 3.25. The van der Waals surface area contributed by atoms with Crippen LogP contribution in [0.1, 0.15) is 19.8 Å². The lowest BCUT2D eigenvalue weighted by Crippen LogP contribution is -2.13. The van der Waals surface area contributed by atoms with Crippen LogP contribution in [0.2, 0.25) is 0 Å². The molecule has 2 heteroatoms. The summed E-state index contributed by atoms with van der Waals surface area (Å²) in [4.78, 5) is 0. The predicted octanol–water partition coefficient (Wildman–Crippen LogP) is 1.92. The summed E-state index contributed by atoms with van der Waals surface area (Å²) in [6.45, 7) is 6.77. The van der Waals surface area contributed by atoms with Crippen LogP contribution in [0, 0.1) is 0 Å². The van der Waals surface area contributed by atoms with Crippen molar-refractivity contribution in [2.45, 2.75) is 19.8 Å². The molecule has 0 rings (SSSR count). The fraction of sp³-hybridized carbons (Fsp3) is 0.400. The summed E-state index contributed by atoms with van der Waals surface area (Å²) < 4.78 is 0. The van der Waals surface area contributed by atoms with E-state index in [4.69, 9.17) is 5.73 Å². The van der Waals surface area contributed by atoms with Crippen molar-refractivity contribution in [3.63, 3.8) is 0 Å². The summed E-state index contributed by atoms with van der Waals surface area (Å²) in [6.07, 6.45) is 9.37. The zero-order chi connectivity index (χ0) is 9.23. The second-order valence-electron chi connectivity index (χ2n) is 2.50. The molecule has 0 bridgehead atoms. The maximum absolute atomic E-state index is 5.27. The average molecular weight is 166 g/mol. The van der Waals surface area contributed by atoms with Gasteiger partial charge in [0.15, 0.2) is 0 Å². The van der Waals surface area contributed by atoms with E-state index in [1.807, 2.05) is 12.2 Å². The van der Waals surface area contributed by atoms with Crippen LogP contribution in [-0.4, -0.2) is 6.54 Å². The molecule has 68 valence electrons. The SMILES string of the molecule is C=C/C=C(\C=C/N)NCCCC. The Balaban J connectivity index is 3.79. The summed E-state index contributed by atoms with van der Waals surface area (Å²) in [5.74, 6) is 0. The molecular weight excluding hydrogens is 148 g/mol. The van der Waals surface area contributed by atoms with Crippen LogP contribution >= 0.6 is 0 Å². The zero-order valence-electron chi connectivity index (χ0n) is 7.72. The van der Waals surface area contributed by atoms with E-state index in [2.05, 4.69) is 18.8 Å². The van der Waals surface area contributed by atoms with Gasteiger partial charge in [0, 0.05) is 12.2 Å². The zero-order valence-corrected chi connectivity index (χ0v) is 7.72. The van der Waals surface area contributed by atoms with Crippen LogP contribution in [0.15, 0.2) is 36.7 Å². The molecule has 0 saturated heterocycles. The highest BCUT2D eigenvalue weighted by Crippen LogP contribution is 1.92. The van der Waals surface area contributed by atoms with E-state index < -0.39 is 0 Å². The third-order valence-corrected chi connectivity index (χ3v) is 1.43. The van der Waals surface area contributed by atoms with Crippen molar-refractivity contribution >= 4 is 0 Å². The average Bonchev–Trinajstić information content (AvgIpc) is 2.06. The third-order valence-electron chi connectivity index (χ3n) is 1.43. The minimum absolute atomic E-state index is 0.987. The molecule has 0 aromatic heterocycles. The van der Waals surface area contributed by atoms with Gasteiger partial charge in [-0.15, -0.1) is 0 Å². The van der Waals surface area contributed by atoms with Gasteiger partial charge in [-0.3, -0.25) is 0 Å². The number of nitrogens with two attached hydrogens (primary N) is 1. The van der Waals surface area contributed by atoms with Gasteiger partial charge in [-0.05, 0) is 24.8 Å². The molecule has 0 aliphatic rings. The Bertz CT molecular complexity index is 169. The molecule has 0 fully saturated rings. The van der Waals surface area contributed by atoms with Gasteiger partial charge < -0.3 is 11.1 Å². The maximum Gasteiger partial charge on any atom is 0.0354 e. The smallest absolute Gasteiger partial charge is 0.0354 e. The lowest BCUT2D eigenvalue weighted by molar-refractivity contribution is 0.719. The second kappa shape index (κ2) is 7.92. The van der Waals surface area contributed by atoms with Crippen molar-refractivity contribution in [1.29, 1.82) is 0 Å². The van der Waals surface area contributed by atoms with Crippen molar-refractivity contribution in [2.24, 2.45) is 5.73 Å². The van der Waals surface area contributed by atoms with Gasteiger partial charge in [0.05, 0.1) is 0 Å². The number of hydrogen-bond acceptors (Lipinski definition) is 2. The van der Waals surface area contributed by atoms with Gasteiger partial charge in [-0.25, -0.2) is 0 Å². The highest BCUT2D eigenvalue weighted by Gasteiger charge is 1.87. The van der Waals surface area contributed by atoms with Crippen molar-refractivity contribution in [2.75, 3.05) is 6.54 Å². The molecule has 0 aliphatic carbocycles. The first-order valence-corrected chi connectivity index (χ1v) is 4.30. The molecule has 2 nitrogen and oxygen atoms in total. The molecule has 3 N–H and O–H groups in total. The van der Waals surface area contributed by atoms with Crippen molar-refractivity contribution in [3.8, 4) is 0 Å². The molecule has 0 spiro atoms. The molecule has 0 aromatic carbocycles. The molecule has 0 atom stereocenters. The van der Waals surface area contributed by atoms with Gasteiger partial charge in [0.25, 0.3) is 0 Å². The quantitative estimate of drug-likeness (QED) is 0.467. The van der Waals surface area contributed by atoms with Gasteiger partial charge in [-0.1, -0.05) is 26.0 Å². The molecule has 0 saturated carbocycles. The largest absolute Gasteiger partial charge is 0.405 e. The minimum Gasteiger partial charge on any atom is -0.405 e. The van der Waals surface area contributed by atoms with Crippen LogP contribution in [-0.2, 0) is 0 Å². The topological polar surface area (TPSA) is 38.0 Å². The third kappa shape index (κ3) is 5.59. The lowest BCUT2D eigenvalue weighted by atomic mass is 10.3. The first kappa shape index (κ1) is 10.8. The number of unbranched alkanes of at least 4 members (excludes halogenated alkanes) is 1. The van der Waals surface area contributed by atoms with Gasteiger partial charge in [0.1, 0.15) is 0 Å². The summed E-state index contributed by atoms with van der Waals surface area (Å²) in [7, 11) is 0. The second-order valence-corrected chi connectivity index (χ2v) is 2.50. The Morgan fingerprint density at radius 3 is 2.83 bits per heavy atom. The van der Waals surface area contributed by atoms with E-state index in [0.29, 0.717) is 0 Å². The van der Waals surface area contributed by atoms with E-state index in [1.165, 1.54) is 19.0 Å². The molecule has 0 aromatic rings. The Morgan fingerprint density at radius 2 is 2.33 bits per heavy atom. The minimum atomic E-state index is 0.987. The Kier molecular flexibility index (Phi) is 7.14. The summed E-state index contributed by atoms with van der Waals surface area (Å²) >= 11 is 0. The first-order chi connectivity index (χ1) is 5.85. The number of nitrogens with one attached hydrogen (secondary N) is 1. The highest BCUT2D eigenvalue weighted by atomic mass is 14.9. The Morgan fingerprint density at radius 1 is 1.58 bits per heavy atom. The van der Waals surface area contributed by atoms with E-state index in [9.17, 15) is 0 Å². The van der Waals surface area contributed by atoms with E-state index in [0.717, 1.165) is 12.2 Å². The van der Waals surface area contributed by atoms with E-state index in [-0.39, 0.29) is 0 Å². The van der Waals surface area contributed by atoms with Crippen LogP contribution in [0.25, 0.3) is 0 Å². The van der Waals surface area contributed by atoms with E-state index >= 15 is 0 Å². The standard InChI is InChI=1S/C10H18N2/c1-3-5-9-12-10(6-4-2)7-8-11/h4,6-8,12H,2-3,5,9,11H2,1H3/b8-7-,10-6+. The number of allylic oxidation sites excluding steroid dienone is 3. The Hall–Kier alpha value is -1.18. The Labute approximate surface area is 74.8 Å². The molecule has 0 unspecified atom stereocenters. The molecular formula is C10H18N2. The molecule has 0 heterocycles. The van der Waals surface area contributed by atoms with Crippen molar-refractivity contribution < 1.29 is 0 Å². The first-order valence-electron chi connectivity index (χ1n) is 4.30. The maximum atomic E-state index is 5.27. The van der Waals surface area contributed by atoms with Crippen LogP contribution in [0.4, 0.5) is 0 Å². The number of hydrogen-bond donors (Lipinski definition) is 2. The molecule has 0 radical (unpaired) electrons. The molecule has 0 amide bonds. The number of rotatable bonds is 6. The summed E-state index contributed by atoms with van der Waals surface area (Å²) in [6, 6.07) is 0. The van der Waals surface area contributed by atoms with Gasteiger partial charge in [-0.2, -0.15) is 0 Å². The van der Waals surface area contributed by atoms with Crippen LogP contribution < -0.4 is 11.1 Å². The monoisotopic (exact) mass is 166 g/mol. The fourth-order valence-corrected chi connectivity index (χ4v) is 0.814. The van der Waals surface area contributed by atoms with Gasteiger partial charge >= 0.3 is 0 Å². The van der Waals surface area contributed by atoms with Crippen molar-refractivity contribution in [1.82, 2.24) is 5.32 Å². The fourth-order valence-electron chi connectivity index (χ4n) is 0.814. The highest BCUT2D eigenvalue weighted by molar-refractivity contribution is 5.20. The predicted molar refractivity (Wildman–Crippen MR) is 54.5 cm³/mol. The normalized spacial score (nSPS) is 11.9. The van der Waals surface area contributed by atoms with Crippen LogP contribution in [0.5, 0.6) is 0 Å². The summed E-state index contributed by atoms with van der Waals surface area (Å²) in [5.41, 5.74) is 6.28. The molecule has 0 aliphatic heterocycles. The lowest BCUT2D eigenvalue weighted by Gasteiger charge is -2.04. The molecule has 12 heavy (non-hydrogen) atoms. The van der Waals surface area contributed by atoms with Crippen LogP contribution in [0.3, 0.4) is 0 Å². The van der Waals surface area contributed by atoms with Crippen molar-refractivity contribution in [3.05, 3.63) is 36.7 Å². The van der Waals surface area contributed by atoms with Gasteiger partial charge in [0.2, 0.25) is 0 Å².